The largest absolute Gasteiger partial charge is 0.295 e. The third-order valence-corrected chi connectivity index (χ3v) is 4.47. The van der Waals surface area contributed by atoms with E-state index in [1.165, 1.54) is 19.5 Å². The van der Waals surface area contributed by atoms with Crippen LogP contribution in [-0.4, -0.2) is 50.5 Å². The number of aryl methyl sites for hydroxylation is 1. The summed E-state index contributed by atoms with van der Waals surface area (Å²) in [5.74, 6) is 0. The van der Waals surface area contributed by atoms with Crippen LogP contribution in [0.15, 0.2) is 12.4 Å². The topological polar surface area (TPSA) is 32.3 Å². The SMILES string of the molecule is Cc1cnc(CN2C3CC2CN(C(C)(C)C)C3)cn1. The van der Waals surface area contributed by atoms with E-state index in [1.54, 1.807) is 0 Å². The average molecular weight is 260 g/mol. The minimum absolute atomic E-state index is 0.298. The normalized spacial score (nSPS) is 28.2. The quantitative estimate of drug-likeness (QED) is 0.812. The molecule has 0 aromatic carbocycles. The Hall–Kier alpha value is -1.00. The standard InChI is InChI=1S/C15H24N4/c1-11-6-17-12(7-16-11)8-19-13-5-14(19)10-18(9-13)15(2,3)4/h6-7,13-14H,5,8-10H2,1-4H3. The van der Waals surface area contributed by atoms with E-state index < -0.39 is 0 Å². The third-order valence-electron chi connectivity index (χ3n) is 4.47. The van der Waals surface area contributed by atoms with Gasteiger partial charge in [-0.05, 0) is 34.1 Å². The monoisotopic (exact) mass is 260 g/mol. The van der Waals surface area contributed by atoms with Crippen LogP contribution < -0.4 is 0 Å². The molecule has 4 nitrogen and oxygen atoms in total. The molecule has 2 aliphatic heterocycles. The lowest BCUT2D eigenvalue weighted by Crippen LogP contribution is -2.70. The summed E-state index contributed by atoms with van der Waals surface area (Å²) in [7, 11) is 0. The Balaban J connectivity index is 1.63. The predicted molar refractivity (Wildman–Crippen MR) is 75.8 cm³/mol. The second-order valence-electron chi connectivity index (χ2n) is 6.94. The van der Waals surface area contributed by atoms with E-state index in [0.29, 0.717) is 17.6 Å². The van der Waals surface area contributed by atoms with Gasteiger partial charge in [0.1, 0.15) is 0 Å². The summed E-state index contributed by atoms with van der Waals surface area (Å²) in [6.45, 7) is 12.3. The predicted octanol–water partition coefficient (Wildman–Crippen LogP) is 1.84. The van der Waals surface area contributed by atoms with Crippen LogP contribution in [0, 0.1) is 6.92 Å². The van der Waals surface area contributed by atoms with Gasteiger partial charge in [-0.1, -0.05) is 0 Å². The Morgan fingerprint density at radius 1 is 1.16 bits per heavy atom. The summed E-state index contributed by atoms with van der Waals surface area (Å²) in [6, 6.07) is 1.42. The second kappa shape index (κ2) is 4.53. The van der Waals surface area contributed by atoms with Crippen LogP contribution in [0.25, 0.3) is 0 Å². The van der Waals surface area contributed by atoms with Crippen molar-refractivity contribution in [1.82, 2.24) is 19.8 Å². The molecule has 2 fully saturated rings. The first kappa shape index (κ1) is 13.0. The fraction of sp³-hybridized carbons (Fsp3) is 0.733. The molecule has 1 aromatic rings. The van der Waals surface area contributed by atoms with Gasteiger partial charge < -0.3 is 0 Å². The van der Waals surface area contributed by atoms with E-state index in [2.05, 4.69) is 40.5 Å². The van der Waals surface area contributed by atoms with E-state index in [9.17, 15) is 0 Å². The fourth-order valence-electron chi connectivity index (χ4n) is 3.18. The number of hydrogen-bond acceptors (Lipinski definition) is 4. The number of fused-ring (bicyclic) bond motifs is 2. The number of rotatable bonds is 2. The molecule has 0 amide bonds. The van der Waals surface area contributed by atoms with Crippen LogP contribution in [-0.2, 0) is 6.54 Å². The molecule has 2 unspecified atom stereocenters. The number of hydrogen-bond donors (Lipinski definition) is 0. The van der Waals surface area contributed by atoms with Gasteiger partial charge in [0, 0.05) is 49.7 Å². The van der Waals surface area contributed by atoms with Crippen molar-refractivity contribution in [3.8, 4) is 0 Å². The van der Waals surface area contributed by atoms with Crippen molar-refractivity contribution in [3.63, 3.8) is 0 Å². The highest BCUT2D eigenvalue weighted by Gasteiger charge is 2.46. The average Bonchev–Trinajstić information content (AvgIpc) is 2.37. The molecule has 1 aromatic heterocycles. The van der Waals surface area contributed by atoms with Crippen LogP contribution in [0.5, 0.6) is 0 Å². The molecule has 2 bridgehead atoms. The van der Waals surface area contributed by atoms with Gasteiger partial charge in [0.2, 0.25) is 0 Å². The number of aromatic nitrogens is 2. The van der Waals surface area contributed by atoms with Crippen LogP contribution >= 0.6 is 0 Å². The lowest BCUT2D eigenvalue weighted by molar-refractivity contribution is -0.100. The van der Waals surface area contributed by atoms with Crippen molar-refractivity contribution in [3.05, 3.63) is 23.8 Å². The summed E-state index contributed by atoms with van der Waals surface area (Å²) in [6.07, 6.45) is 5.14. The molecule has 2 atom stereocenters. The van der Waals surface area contributed by atoms with Crippen molar-refractivity contribution in [2.45, 2.75) is 58.3 Å². The fourth-order valence-corrected chi connectivity index (χ4v) is 3.18. The number of piperidine rings is 1. The Bertz CT molecular complexity index is 436. The Morgan fingerprint density at radius 2 is 1.84 bits per heavy atom. The molecule has 0 radical (unpaired) electrons. The van der Waals surface area contributed by atoms with Gasteiger partial charge in [-0.25, -0.2) is 0 Å². The Morgan fingerprint density at radius 3 is 2.37 bits per heavy atom. The lowest BCUT2D eigenvalue weighted by atomic mass is 9.84. The second-order valence-corrected chi connectivity index (χ2v) is 6.94. The van der Waals surface area contributed by atoms with Gasteiger partial charge >= 0.3 is 0 Å². The van der Waals surface area contributed by atoms with Crippen molar-refractivity contribution < 1.29 is 0 Å². The van der Waals surface area contributed by atoms with E-state index >= 15 is 0 Å². The minimum atomic E-state index is 0.298. The molecule has 19 heavy (non-hydrogen) atoms. The van der Waals surface area contributed by atoms with Gasteiger partial charge in [-0.2, -0.15) is 0 Å². The first-order valence-corrected chi connectivity index (χ1v) is 7.22. The maximum Gasteiger partial charge on any atom is 0.0727 e. The maximum absolute atomic E-state index is 4.48. The lowest BCUT2D eigenvalue weighted by Gasteiger charge is -2.59. The maximum atomic E-state index is 4.48. The highest BCUT2D eigenvalue weighted by molar-refractivity contribution is 5.07. The molecule has 3 rings (SSSR count). The molecule has 0 saturated carbocycles. The molecule has 104 valence electrons. The van der Waals surface area contributed by atoms with Crippen molar-refractivity contribution in [2.24, 2.45) is 0 Å². The van der Waals surface area contributed by atoms with Crippen molar-refractivity contribution in [1.29, 1.82) is 0 Å². The minimum Gasteiger partial charge on any atom is -0.295 e. The molecule has 0 spiro atoms. The van der Waals surface area contributed by atoms with E-state index in [0.717, 1.165) is 17.9 Å². The van der Waals surface area contributed by atoms with Gasteiger partial charge in [-0.3, -0.25) is 19.8 Å². The first-order chi connectivity index (χ1) is 8.93. The van der Waals surface area contributed by atoms with Crippen molar-refractivity contribution >= 4 is 0 Å². The molecular weight excluding hydrogens is 236 g/mol. The summed E-state index contributed by atoms with van der Waals surface area (Å²) in [5.41, 5.74) is 2.39. The highest BCUT2D eigenvalue weighted by atomic mass is 15.4. The smallest absolute Gasteiger partial charge is 0.0727 e. The molecule has 2 aliphatic rings. The zero-order chi connectivity index (χ0) is 13.6. The highest BCUT2D eigenvalue weighted by Crippen LogP contribution is 2.36. The number of nitrogens with zero attached hydrogens (tertiary/aromatic N) is 4. The van der Waals surface area contributed by atoms with Crippen LogP contribution in [0.2, 0.25) is 0 Å². The van der Waals surface area contributed by atoms with Crippen LogP contribution in [0.1, 0.15) is 38.6 Å². The molecule has 4 heteroatoms. The third kappa shape index (κ3) is 2.51. The summed E-state index contributed by atoms with van der Waals surface area (Å²) < 4.78 is 0. The van der Waals surface area contributed by atoms with E-state index in [1.807, 2.05) is 19.3 Å². The van der Waals surface area contributed by atoms with Gasteiger partial charge in [0.25, 0.3) is 0 Å². The number of likely N-dealkylation sites (tertiary alicyclic amines) is 2. The van der Waals surface area contributed by atoms with E-state index in [-0.39, 0.29) is 0 Å². The van der Waals surface area contributed by atoms with Gasteiger partial charge in [0.05, 0.1) is 11.4 Å². The summed E-state index contributed by atoms with van der Waals surface area (Å²) >= 11 is 0. The molecule has 0 aliphatic carbocycles. The zero-order valence-corrected chi connectivity index (χ0v) is 12.4. The Kier molecular flexibility index (Phi) is 3.10. The molecule has 2 saturated heterocycles. The van der Waals surface area contributed by atoms with E-state index in [4.69, 9.17) is 0 Å². The molecule has 3 heterocycles. The summed E-state index contributed by atoms with van der Waals surface area (Å²) in [4.78, 5) is 14.0. The first-order valence-electron chi connectivity index (χ1n) is 7.22. The van der Waals surface area contributed by atoms with Gasteiger partial charge in [0.15, 0.2) is 0 Å². The number of piperazine rings is 1. The zero-order valence-electron chi connectivity index (χ0n) is 12.4. The Labute approximate surface area is 115 Å². The summed E-state index contributed by atoms with van der Waals surface area (Å²) in [5, 5.41) is 0. The van der Waals surface area contributed by atoms with Crippen LogP contribution in [0.3, 0.4) is 0 Å². The van der Waals surface area contributed by atoms with Gasteiger partial charge in [-0.15, -0.1) is 0 Å². The molecule has 0 N–H and O–H groups in total. The molecular formula is C15H24N4. The van der Waals surface area contributed by atoms with Crippen molar-refractivity contribution in [2.75, 3.05) is 13.1 Å². The van der Waals surface area contributed by atoms with Crippen LogP contribution in [0.4, 0.5) is 0 Å².